The van der Waals surface area contributed by atoms with Crippen molar-refractivity contribution in [2.24, 2.45) is 0 Å². The number of nitrogens with one attached hydrogen (secondary N) is 1. The fourth-order valence-corrected chi connectivity index (χ4v) is 1.80. The zero-order valence-corrected chi connectivity index (χ0v) is 11.2. The maximum Gasteiger partial charge on any atom is 0.261 e. The Balaban J connectivity index is 0.000000637. The van der Waals surface area contributed by atoms with Crippen molar-refractivity contribution in [3.05, 3.63) is 52.7 Å². The molecule has 5 nitrogen and oxygen atoms in total. The molecule has 0 amide bonds. The number of H-pyrrole nitrogens is 1. The van der Waals surface area contributed by atoms with E-state index in [4.69, 9.17) is 0 Å². The molecule has 1 aromatic carbocycles. The summed E-state index contributed by atoms with van der Waals surface area (Å²) in [5.74, 6) is 0. The molecule has 98 valence electrons. The monoisotopic (exact) mass is 256 g/mol. The van der Waals surface area contributed by atoms with E-state index in [1.165, 1.54) is 12.5 Å². The summed E-state index contributed by atoms with van der Waals surface area (Å²) in [4.78, 5) is 18.2. The first-order chi connectivity index (χ1) is 9.25. The number of aryl methyl sites for hydroxylation is 1. The number of hydrogen-bond donors (Lipinski definition) is 1. The van der Waals surface area contributed by atoms with Gasteiger partial charge in [-0.3, -0.25) is 4.79 Å². The van der Waals surface area contributed by atoms with Crippen LogP contribution >= 0.6 is 0 Å². The zero-order chi connectivity index (χ0) is 13.8. The Morgan fingerprint density at radius 2 is 2.05 bits per heavy atom. The van der Waals surface area contributed by atoms with Crippen molar-refractivity contribution >= 4 is 11.0 Å². The molecule has 0 saturated heterocycles. The van der Waals surface area contributed by atoms with Crippen LogP contribution in [0.1, 0.15) is 19.4 Å². The third-order valence-corrected chi connectivity index (χ3v) is 2.62. The van der Waals surface area contributed by atoms with Crippen LogP contribution in [0, 0.1) is 6.92 Å². The van der Waals surface area contributed by atoms with Crippen molar-refractivity contribution < 1.29 is 0 Å². The third kappa shape index (κ3) is 2.40. The van der Waals surface area contributed by atoms with Crippen LogP contribution in [-0.2, 0) is 0 Å². The molecule has 0 aliphatic rings. The van der Waals surface area contributed by atoms with Gasteiger partial charge < -0.3 is 4.98 Å². The summed E-state index contributed by atoms with van der Waals surface area (Å²) in [6.07, 6.45) is 2.92. The summed E-state index contributed by atoms with van der Waals surface area (Å²) < 4.78 is 1.66. The summed E-state index contributed by atoms with van der Waals surface area (Å²) in [7, 11) is 0. The Bertz CT molecular complexity index is 742. The van der Waals surface area contributed by atoms with Crippen molar-refractivity contribution in [2.45, 2.75) is 20.8 Å². The normalized spacial score (nSPS) is 10.1. The molecule has 5 heteroatoms. The van der Waals surface area contributed by atoms with Gasteiger partial charge in [0.15, 0.2) is 5.65 Å². The number of hydrogen-bond acceptors (Lipinski definition) is 3. The predicted octanol–water partition coefficient (Wildman–Crippen LogP) is 2.44. The topological polar surface area (TPSA) is 63.6 Å². The predicted molar refractivity (Wildman–Crippen MR) is 75.6 cm³/mol. The molecule has 0 aliphatic carbocycles. The van der Waals surface area contributed by atoms with Gasteiger partial charge in [-0.2, -0.15) is 5.10 Å². The molecule has 3 rings (SSSR count). The second kappa shape index (κ2) is 5.48. The lowest BCUT2D eigenvalue weighted by molar-refractivity contribution is 0.893. The Kier molecular flexibility index (Phi) is 3.75. The van der Waals surface area contributed by atoms with Crippen molar-refractivity contribution in [1.29, 1.82) is 0 Å². The van der Waals surface area contributed by atoms with Crippen LogP contribution in [0.25, 0.3) is 16.7 Å². The first-order valence-corrected chi connectivity index (χ1v) is 6.24. The number of benzene rings is 1. The molecule has 2 aromatic heterocycles. The van der Waals surface area contributed by atoms with E-state index in [-0.39, 0.29) is 5.56 Å². The molecule has 19 heavy (non-hydrogen) atoms. The lowest BCUT2D eigenvalue weighted by Crippen LogP contribution is -2.06. The van der Waals surface area contributed by atoms with Crippen molar-refractivity contribution in [1.82, 2.24) is 19.7 Å². The highest BCUT2D eigenvalue weighted by Crippen LogP contribution is 2.14. The van der Waals surface area contributed by atoms with Gasteiger partial charge >= 0.3 is 0 Å². The standard InChI is InChI=1S/C12H10N4O.C2H6/c1-8-3-2-4-9(5-8)16-11-10(6-15-16)12(17)14-7-13-11;1-2/h2-7H,1H3,(H,13,14,17);1-2H3. The van der Waals surface area contributed by atoms with Crippen LogP contribution in [0.4, 0.5) is 0 Å². The molecule has 0 fully saturated rings. The molecule has 0 radical (unpaired) electrons. The molecule has 0 spiro atoms. The summed E-state index contributed by atoms with van der Waals surface area (Å²) in [5.41, 5.74) is 2.43. The Labute approximate surface area is 110 Å². The van der Waals surface area contributed by atoms with E-state index < -0.39 is 0 Å². The van der Waals surface area contributed by atoms with Crippen LogP contribution in [0.3, 0.4) is 0 Å². The molecule has 3 aromatic rings. The van der Waals surface area contributed by atoms with Crippen molar-refractivity contribution in [2.75, 3.05) is 0 Å². The molecular formula is C14H16N4O. The second-order valence-corrected chi connectivity index (χ2v) is 3.86. The minimum atomic E-state index is -0.172. The number of fused-ring (bicyclic) bond motifs is 1. The second-order valence-electron chi connectivity index (χ2n) is 3.86. The Hall–Kier alpha value is -2.43. The third-order valence-electron chi connectivity index (χ3n) is 2.62. The quantitative estimate of drug-likeness (QED) is 0.727. The molecular weight excluding hydrogens is 240 g/mol. The van der Waals surface area contributed by atoms with Gasteiger partial charge in [-0.1, -0.05) is 26.0 Å². The molecule has 2 heterocycles. The summed E-state index contributed by atoms with van der Waals surface area (Å²) in [5, 5.41) is 4.70. The summed E-state index contributed by atoms with van der Waals surface area (Å²) >= 11 is 0. The van der Waals surface area contributed by atoms with E-state index >= 15 is 0 Å². The highest BCUT2D eigenvalue weighted by Gasteiger charge is 2.08. The van der Waals surface area contributed by atoms with Crippen LogP contribution in [0.5, 0.6) is 0 Å². The van der Waals surface area contributed by atoms with Gasteiger partial charge in [-0.25, -0.2) is 9.67 Å². The number of aromatic amines is 1. The SMILES string of the molecule is CC.Cc1cccc(-n2ncc3c(=O)[nH]cnc32)c1. The van der Waals surface area contributed by atoms with Crippen LogP contribution < -0.4 is 5.56 Å². The molecule has 0 saturated carbocycles. The summed E-state index contributed by atoms with van der Waals surface area (Å²) in [6.45, 7) is 6.01. The van der Waals surface area contributed by atoms with E-state index in [1.54, 1.807) is 4.68 Å². The number of rotatable bonds is 1. The van der Waals surface area contributed by atoms with Crippen LogP contribution in [-0.4, -0.2) is 19.7 Å². The Morgan fingerprint density at radius 1 is 1.26 bits per heavy atom. The van der Waals surface area contributed by atoms with E-state index in [2.05, 4.69) is 15.1 Å². The van der Waals surface area contributed by atoms with Crippen LogP contribution in [0.15, 0.2) is 41.6 Å². The fraction of sp³-hybridized carbons (Fsp3) is 0.214. The van der Waals surface area contributed by atoms with Crippen molar-refractivity contribution in [3.8, 4) is 5.69 Å². The molecule has 0 aliphatic heterocycles. The van der Waals surface area contributed by atoms with E-state index in [1.807, 2.05) is 45.0 Å². The van der Waals surface area contributed by atoms with Crippen molar-refractivity contribution in [3.63, 3.8) is 0 Å². The zero-order valence-electron chi connectivity index (χ0n) is 11.2. The van der Waals surface area contributed by atoms with E-state index in [9.17, 15) is 4.79 Å². The minimum absolute atomic E-state index is 0.172. The average molecular weight is 256 g/mol. The van der Waals surface area contributed by atoms with Gasteiger partial charge in [-0.05, 0) is 24.6 Å². The maximum absolute atomic E-state index is 11.5. The van der Waals surface area contributed by atoms with Gasteiger partial charge in [0, 0.05) is 0 Å². The average Bonchev–Trinajstić information content (AvgIpc) is 2.86. The van der Waals surface area contributed by atoms with Gasteiger partial charge in [0.05, 0.1) is 18.2 Å². The highest BCUT2D eigenvalue weighted by atomic mass is 16.1. The van der Waals surface area contributed by atoms with Crippen LogP contribution in [0.2, 0.25) is 0 Å². The minimum Gasteiger partial charge on any atom is -0.312 e. The summed E-state index contributed by atoms with van der Waals surface area (Å²) in [6, 6.07) is 7.89. The Morgan fingerprint density at radius 3 is 2.79 bits per heavy atom. The molecule has 0 unspecified atom stereocenters. The van der Waals surface area contributed by atoms with Gasteiger partial charge in [0.25, 0.3) is 5.56 Å². The van der Waals surface area contributed by atoms with Gasteiger partial charge in [0.1, 0.15) is 5.39 Å². The first-order valence-electron chi connectivity index (χ1n) is 6.24. The largest absolute Gasteiger partial charge is 0.312 e. The smallest absolute Gasteiger partial charge is 0.261 e. The molecule has 0 bridgehead atoms. The molecule has 0 atom stereocenters. The van der Waals surface area contributed by atoms with Gasteiger partial charge in [0.2, 0.25) is 0 Å². The number of aromatic nitrogens is 4. The fourth-order valence-electron chi connectivity index (χ4n) is 1.80. The van der Waals surface area contributed by atoms with Gasteiger partial charge in [-0.15, -0.1) is 0 Å². The maximum atomic E-state index is 11.5. The van der Waals surface area contributed by atoms with E-state index in [0.29, 0.717) is 11.0 Å². The molecule has 1 N–H and O–H groups in total. The highest BCUT2D eigenvalue weighted by molar-refractivity contribution is 5.74. The first kappa shape index (κ1) is 13.0. The lowest BCUT2D eigenvalue weighted by atomic mass is 10.2. The lowest BCUT2D eigenvalue weighted by Gasteiger charge is -2.03. The van der Waals surface area contributed by atoms with E-state index in [0.717, 1.165) is 11.3 Å². The number of nitrogens with zero attached hydrogens (tertiary/aromatic N) is 3.